The molecule has 0 heterocycles. The molecule has 0 radical (unpaired) electrons. The Bertz CT molecular complexity index is 2350. The molecule has 57 heavy (non-hydrogen) atoms. The predicted octanol–water partition coefficient (Wildman–Crippen LogP) is 9.59. The summed E-state index contributed by atoms with van der Waals surface area (Å²) >= 11 is 0. The van der Waals surface area contributed by atoms with Gasteiger partial charge in [0.2, 0.25) is 0 Å². The number of fused-ring (bicyclic) bond motifs is 2. The van der Waals surface area contributed by atoms with Crippen LogP contribution in [0.2, 0.25) is 0 Å². The van der Waals surface area contributed by atoms with E-state index in [1.165, 1.54) is 30.4 Å². The van der Waals surface area contributed by atoms with Crippen LogP contribution >= 0.6 is 0 Å². The SMILES string of the molecule is CC1(C)CCC(C)(C)c2cc(S(=O)(=O)CCc3ccc(C(=O)O)cc3)ccc21.COC(=O)c1ccc(CCS(=O)(=O)c2ccc3c(c2)C(C)(C)CCC3(C)C)cc1. The minimum atomic E-state index is -3.42. The van der Waals surface area contributed by atoms with Gasteiger partial charge in [0.1, 0.15) is 0 Å². The lowest BCUT2D eigenvalue weighted by Gasteiger charge is -2.42. The van der Waals surface area contributed by atoms with Crippen LogP contribution in [-0.2, 0) is 58.9 Å². The van der Waals surface area contributed by atoms with Crippen molar-refractivity contribution in [1.29, 1.82) is 0 Å². The summed E-state index contributed by atoms with van der Waals surface area (Å²) in [6.45, 7) is 17.6. The highest BCUT2D eigenvalue weighted by atomic mass is 32.2. The van der Waals surface area contributed by atoms with E-state index in [0.29, 0.717) is 28.2 Å². The zero-order chi connectivity index (χ0) is 42.2. The molecule has 0 spiro atoms. The molecule has 6 rings (SSSR count). The number of methoxy groups -OCH3 is 1. The number of hydrogen-bond acceptors (Lipinski definition) is 7. The van der Waals surface area contributed by atoms with Crippen molar-refractivity contribution in [3.8, 4) is 0 Å². The van der Waals surface area contributed by atoms with Crippen LogP contribution in [0.25, 0.3) is 0 Å². The Morgan fingerprint density at radius 1 is 0.526 bits per heavy atom. The van der Waals surface area contributed by atoms with Crippen molar-refractivity contribution in [2.24, 2.45) is 0 Å². The molecule has 10 heteroatoms. The first-order valence-electron chi connectivity index (χ1n) is 19.6. The van der Waals surface area contributed by atoms with Crippen molar-refractivity contribution in [2.75, 3.05) is 18.6 Å². The summed E-state index contributed by atoms with van der Waals surface area (Å²) in [7, 11) is -5.49. The molecule has 0 unspecified atom stereocenters. The highest BCUT2D eigenvalue weighted by molar-refractivity contribution is 7.91. The topological polar surface area (TPSA) is 132 Å². The lowest BCUT2D eigenvalue weighted by Crippen LogP contribution is -2.34. The van der Waals surface area contributed by atoms with Crippen molar-refractivity contribution in [3.05, 3.63) is 129 Å². The van der Waals surface area contributed by atoms with Crippen LogP contribution in [0.4, 0.5) is 0 Å². The van der Waals surface area contributed by atoms with E-state index in [1.54, 1.807) is 48.5 Å². The number of esters is 1. The third kappa shape index (κ3) is 9.89. The third-order valence-corrected chi connectivity index (χ3v) is 15.7. The van der Waals surface area contributed by atoms with Crippen LogP contribution in [0.15, 0.2) is 94.7 Å². The summed E-state index contributed by atoms with van der Waals surface area (Å²) in [5.41, 5.74) is 7.18. The monoisotopic (exact) mass is 814 g/mol. The first-order chi connectivity index (χ1) is 26.4. The van der Waals surface area contributed by atoms with E-state index >= 15 is 0 Å². The van der Waals surface area contributed by atoms with Gasteiger partial charge in [-0.25, -0.2) is 26.4 Å². The highest BCUT2D eigenvalue weighted by Gasteiger charge is 2.39. The normalized spacial score (nSPS) is 17.6. The highest BCUT2D eigenvalue weighted by Crippen LogP contribution is 2.47. The number of sulfone groups is 2. The maximum absolute atomic E-state index is 13.0. The number of carbonyl (C=O) groups excluding carboxylic acids is 1. The molecule has 4 aromatic rings. The largest absolute Gasteiger partial charge is 0.478 e. The zero-order valence-corrected chi connectivity index (χ0v) is 36.5. The van der Waals surface area contributed by atoms with E-state index in [9.17, 15) is 26.4 Å². The first-order valence-corrected chi connectivity index (χ1v) is 22.9. The van der Waals surface area contributed by atoms with Crippen molar-refractivity contribution < 1.29 is 36.3 Å². The van der Waals surface area contributed by atoms with Gasteiger partial charge in [-0.1, -0.05) is 91.8 Å². The molecule has 306 valence electrons. The van der Waals surface area contributed by atoms with Crippen molar-refractivity contribution in [3.63, 3.8) is 0 Å². The Kier molecular flexibility index (Phi) is 12.4. The summed E-state index contributed by atoms with van der Waals surface area (Å²) in [4.78, 5) is 23.2. The van der Waals surface area contributed by atoms with Crippen LogP contribution in [0, 0.1) is 0 Å². The third-order valence-electron chi connectivity index (χ3n) is 12.3. The van der Waals surface area contributed by atoms with Gasteiger partial charge < -0.3 is 9.84 Å². The summed E-state index contributed by atoms with van der Waals surface area (Å²) < 4.78 is 56.6. The average Bonchev–Trinajstić information content (AvgIpc) is 3.17. The van der Waals surface area contributed by atoms with Gasteiger partial charge in [-0.3, -0.25) is 0 Å². The summed E-state index contributed by atoms with van der Waals surface area (Å²) in [5.74, 6) is -1.35. The van der Waals surface area contributed by atoms with Gasteiger partial charge in [-0.15, -0.1) is 0 Å². The van der Waals surface area contributed by atoms with Crippen molar-refractivity contribution in [2.45, 2.75) is 125 Å². The van der Waals surface area contributed by atoms with E-state index in [4.69, 9.17) is 9.84 Å². The number of ether oxygens (including phenoxy) is 1. The standard InChI is InChI=1S/C24H30O4S.C23H28O4S/c1-23(2)13-14-24(3,4)21-16-19(10-11-20(21)23)29(26,27)15-12-17-6-8-18(9-7-17)22(25)28-5;1-22(2)12-13-23(3,4)20-15-18(9-10-19(20)22)28(26,27)14-11-16-5-7-17(8-6-16)21(24)25/h6-11,16H,12-15H2,1-5H3;5-10,15H,11-14H2,1-4H3,(H,24,25). The molecule has 0 atom stereocenters. The minimum absolute atomic E-state index is 0.00201. The Balaban J connectivity index is 0.000000218. The Hall–Kier alpha value is -4.28. The summed E-state index contributed by atoms with van der Waals surface area (Å²) in [6.07, 6.45) is 5.02. The number of carboxylic acid groups (broad SMARTS) is 1. The van der Waals surface area contributed by atoms with E-state index in [-0.39, 0.29) is 38.7 Å². The average molecular weight is 815 g/mol. The van der Waals surface area contributed by atoms with Gasteiger partial charge in [-0.05, 0) is 142 Å². The molecule has 2 aliphatic rings. The smallest absolute Gasteiger partial charge is 0.337 e. The second-order valence-corrected chi connectivity index (χ2v) is 22.5. The fraction of sp³-hybridized carbons (Fsp3) is 0.447. The van der Waals surface area contributed by atoms with Crippen LogP contribution in [-0.4, -0.2) is 52.5 Å². The molecule has 0 bridgehead atoms. The van der Waals surface area contributed by atoms with Crippen molar-refractivity contribution >= 4 is 31.6 Å². The summed E-state index contributed by atoms with van der Waals surface area (Å²) in [6, 6.07) is 24.5. The predicted molar refractivity (Wildman–Crippen MR) is 226 cm³/mol. The molecular formula is C47H58O8S2. The van der Waals surface area contributed by atoms with E-state index in [2.05, 4.69) is 55.4 Å². The Labute approximate surface area is 339 Å². The van der Waals surface area contributed by atoms with Crippen LogP contribution in [0.5, 0.6) is 0 Å². The number of carbonyl (C=O) groups is 2. The molecule has 0 aromatic heterocycles. The van der Waals surface area contributed by atoms with Gasteiger partial charge in [0.25, 0.3) is 0 Å². The number of aromatic carboxylic acids is 1. The number of rotatable bonds is 10. The Morgan fingerprint density at radius 2 is 0.860 bits per heavy atom. The number of aryl methyl sites for hydroxylation is 2. The second kappa shape index (κ2) is 16.2. The van der Waals surface area contributed by atoms with Gasteiger partial charge in [-0.2, -0.15) is 0 Å². The van der Waals surface area contributed by atoms with Crippen molar-refractivity contribution in [1.82, 2.24) is 0 Å². The molecule has 4 aromatic carbocycles. The molecular weight excluding hydrogens is 757 g/mol. The molecule has 1 N–H and O–H groups in total. The quantitative estimate of drug-likeness (QED) is 0.157. The lowest BCUT2D eigenvalue weighted by atomic mass is 9.63. The molecule has 0 fully saturated rings. The fourth-order valence-electron chi connectivity index (χ4n) is 8.00. The molecule has 2 aliphatic carbocycles. The van der Waals surface area contributed by atoms with Gasteiger partial charge in [0, 0.05) is 0 Å². The van der Waals surface area contributed by atoms with E-state index in [0.717, 1.165) is 47.9 Å². The van der Waals surface area contributed by atoms with E-state index < -0.39 is 31.6 Å². The van der Waals surface area contributed by atoms with E-state index in [1.807, 2.05) is 24.3 Å². The van der Waals surface area contributed by atoms with Crippen LogP contribution in [0.1, 0.15) is 135 Å². The number of carboxylic acids is 1. The molecule has 0 aliphatic heterocycles. The maximum atomic E-state index is 13.0. The maximum Gasteiger partial charge on any atom is 0.337 e. The van der Waals surface area contributed by atoms with Gasteiger partial charge in [0.15, 0.2) is 19.7 Å². The van der Waals surface area contributed by atoms with Gasteiger partial charge in [0.05, 0.1) is 39.5 Å². The van der Waals surface area contributed by atoms with Crippen LogP contribution in [0.3, 0.4) is 0 Å². The zero-order valence-electron chi connectivity index (χ0n) is 34.9. The molecule has 0 saturated carbocycles. The molecule has 8 nitrogen and oxygen atoms in total. The summed E-state index contributed by atoms with van der Waals surface area (Å²) in [5, 5.41) is 8.96. The Morgan fingerprint density at radius 3 is 1.19 bits per heavy atom. The number of hydrogen-bond donors (Lipinski definition) is 1. The lowest BCUT2D eigenvalue weighted by molar-refractivity contribution is 0.0599. The van der Waals surface area contributed by atoms with Gasteiger partial charge >= 0.3 is 11.9 Å². The number of benzene rings is 4. The minimum Gasteiger partial charge on any atom is -0.478 e. The van der Waals surface area contributed by atoms with Crippen LogP contribution < -0.4 is 0 Å². The second-order valence-electron chi connectivity index (χ2n) is 18.3. The fourth-order valence-corrected chi connectivity index (χ4v) is 10.6. The molecule has 0 amide bonds. The molecule has 0 saturated heterocycles. The first kappa shape index (κ1) is 43.8.